The van der Waals surface area contributed by atoms with Crippen molar-refractivity contribution < 1.29 is 4.79 Å². The summed E-state index contributed by atoms with van der Waals surface area (Å²) in [4.78, 5) is 11.7. The van der Waals surface area contributed by atoms with Crippen LogP contribution in [-0.4, -0.2) is 19.0 Å². The highest BCUT2D eigenvalue weighted by Crippen LogP contribution is 2.19. The van der Waals surface area contributed by atoms with Gasteiger partial charge in [-0.15, -0.1) is 0 Å². The van der Waals surface area contributed by atoms with Gasteiger partial charge in [0, 0.05) is 15.7 Å². The fourth-order valence-corrected chi connectivity index (χ4v) is 1.73. The number of carbonyl (C=O) groups is 1. The monoisotopic (exact) mass is 352 g/mol. The van der Waals surface area contributed by atoms with E-state index in [9.17, 15) is 4.79 Å². The van der Waals surface area contributed by atoms with Gasteiger partial charge in [-0.1, -0.05) is 11.6 Å². The maximum absolute atomic E-state index is 11.7. The molecule has 3 N–H and O–H groups in total. The van der Waals surface area contributed by atoms with Gasteiger partial charge in [-0.25, -0.2) is 0 Å². The Kier molecular flexibility index (Phi) is 6.08. The van der Waals surface area contributed by atoms with E-state index < -0.39 is 0 Å². The minimum absolute atomic E-state index is 0.0877. The minimum atomic E-state index is -0.0877. The number of nitrogens with two attached hydrogens (primary N) is 1. The molecule has 0 atom stereocenters. The van der Waals surface area contributed by atoms with E-state index >= 15 is 0 Å². The van der Waals surface area contributed by atoms with Gasteiger partial charge < -0.3 is 11.1 Å². The lowest BCUT2D eigenvalue weighted by atomic mass is 10.2. The molecule has 0 bridgehead atoms. The third-order valence-corrected chi connectivity index (χ3v) is 3.67. The van der Waals surface area contributed by atoms with E-state index in [-0.39, 0.29) is 5.91 Å². The summed E-state index contributed by atoms with van der Waals surface area (Å²) in [5.74, 6) is -0.0877. The van der Waals surface area contributed by atoms with Crippen molar-refractivity contribution >= 4 is 40.1 Å². The van der Waals surface area contributed by atoms with Crippen LogP contribution in [0.2, 0.25) is 5.02 Å². The number of hydrogen-bond acceptors (Lipinski definition) is 2. The molecule has 0 fully saturated rings. The Morgan fingerprint density at radius 2 is 2.19 bits per heavy atom. The molecule has 1 aromatic carbocycles. The molecule has 5 heteroatoms. The second kappa shape index (κ2) is 7.09. The first kappa shape index (κ1) is 13.7. The third-order valence-electron chi connectivity index (χ3n) is 2.10. The normalized spacial score (nSPS) is 10.2. The fraction of sp³-hybridized carbons (Fsp3) is 0.364. The van der Waals surface area contributed by atoms with E-state index in [1.54, 1.807) is 12.1 Å². The molecule has 0 saturated heterocycles. The number of nitrogens with one attached hydrogen (secondary N) is 1. The summed E-state index contributed by atoms with van der Waals surface area (Å²) < 4.78 is 0.943. The van der Waals surface area contributed by atoms with Crippen LogP contribution in [0.4, 0.5) is 0 Å². The SMILES string of the molecule is NCCCCNC(=O)c1ccc(I)c(Cl)c1. The first-order chi connectivity index (χ1) is 7.65. The van der Waals surface area contributed by atoms with Crippen LogP contribution < -0.4 is 11.1 Å². The average molecular weight is 353 g/mol. The van der Waals surface area contributed by atoms with Gasteiger partial charge >= 0.3 is 0 Å². The van der Waals surface area contributed by atoms with Gasteiger partial charge in [0.2, 0.25) is 0 Å². The molecule has 0 aromatic heterocycles. The Bertz CT molecular complexity index is 371. The summed E-state index contributed by atoms with van der Waals surface area (Å²) in [5.41, 5.74) is 5.96. The smallest absolute Gasteiger partial charge is 0.251 e. The van der Waals surface area contributed by atoms with Crippen molar-refractivity contribution in [1.29, 1.82) is 0 Å². The molecule has 1 aromatic rings. The van der Waals surface area contributed by atoms with Crippen LogP contribution in [0.25, 0.3) is 0 Å². The maximum atomic E-state index is 11.7. The number of carbonyl (C=O) groups excluding carboxylic acids is 1. The Balaban J connectivity index is 2.50. The van der Waals surface area contributed by atoms with Gasteiger partial charge in [0.25, 0.3) is 5.91 Å². The van der Waals surface area contributed by atoms with Crippen LogP contribution in [0.15, 0.2) is 18.2 Å². The lowest BCUT2D eigenvalue weighted by Gasteiger charge is -2.05. The van der Waals surface area contributed by atoms with Crippen LogP contribution >= 0.6 is 34.2 Å². The molecule has 16 heavy (non-hydrogen) atoms. The second-order valence-electron chi connectivity index (χ2n) is 3.38. The number of rotatable bonds is 5. The maximum Gasteiger partial charge on any atom is 0.251 e. The van der Waals surface area contributed by atoms with Gasteiger partial charge in [0.1, 0.15) is 0 Å². The van der Waals surface area contributed by atoms with E-state index in [0.29, 0.717) is 23.7 Å². The molecular formula is C11H14ClIN2O. The topological polar surface area (TPSA) is 55.1 Å². The summed E-state index contributed by atoms with van der Waals surface area (Å²) in [6.07, 6.45) is 1.83. The molecule has 3 nitrogen and oxygen atoms in total. The minimum Gasteiger partial charge on any atom is -0.352 e. The van der Waals surface area contributed by atoms with Gasteiger partial charge in [-0.05, 0) is 60.2 Å². The van der Waals surface area contributed by atoms with Crippen LogP contribution in [0, 0.1) is 3.57 Å². The molecule has 0 saturated carbocycles. The molecule has 0 radical (unpaired) electrons. The molecule has 1 rings (SSSR count). The lowest BCUT2D eigenvalue weighted by molar-refractivity contribution is 0.0953. The Labute approximate surface area is 114 Å². The van der Waals surface area contributed by atoms with Crippen LogP contribution in [-0.2, 0) is 0 Å². The number of amides is 1. The van der Waals surface area contributed by atoms with Crippen molar-refractivity contribution in [3.63, 3.8) is 0 Å². The van der Waals surface area contributed by atoms with Crippen LogP contribution in [0.5, 0.6) is 0 Å². The van der Waals surface area contributed by atoms with Crippen molar-refractivity contribution in [3.8, 4) is 0 Å². The van der Waals surface area contributed by atoms with Gasteiger partial charge in [-0.3, -0.25) is 4.79 Å². The summed E-state index contributed by atoms with van der Waals surface area (Å²) in [7, 11) is 0. The van der Waals surface area contributed by atoms with E-state index in [2.05, 4.69) is 27.9 Å². The van der Waals surface area contributed by atoms with E-state index in [1.165, 1.54) is 0 Å². The van der Waals surface area contributed by atoms with Crippen molar-refractivity contribution in [2.75, 3.05) is 13.1 Å². The highest BCUT2D eigenvalue weighted by atomic mass is 127. The van der Waals surface area contributed by atoms with Crippen molar-refractivity contribution in [3.05, 3.63) is 32.4 Å². The number of benzene rings is 1. The van der Waals surface area contributed by atoms with Crippen LogP contribution in [0.3, 0.4) is 0 Å². The molecule has 0 unspecified atom stereocenters. The van der Waals surface area contributed by atoms with Gasteiger partial charge in [0.15, 0.2) is 0 Å². The zero-order valence-electron chi connectivity index (χ0n) is 8.80. The highest BCUT2D eigenvalue weighted by molar-refractivity contribution is 14.1. The van der Waals surface area contributed by atoms with Crippen molar-refractivity contribution in [2.24, 2.45) is 5.73 Å². The lowest BCUT2D eigenvalue weighted by Crippen LogP contribution is -2.24. The highest BCUT2D eigenvalue weighted by Gasteiger charge is 2.06. The van der Waals surface area contributed by atoms with E-state index in [0.717, 1.165) is 16.4 Å². The molecule has 1 amide bonds. The second-order valence-corrected chi connectivity index (χ2v) is 4.95. The number of hydrogen-bond donors (Lipinski definition) is 2. The predicted octanol–water partition coefficient (Wildman–Crippen LogP) is 2.41. The quantitative estimate of drug-likeness (QED) is 0.631. The number of halogens is 2. The largest absolute Gasteiger partial charge is 0.352 e. The summed E-state index contributed by atoms with van der Waals surface area (Å²) >= 11 is 8.06. The summed E-state index contributed by atoms with van der Waals surface area (Å²) in [6, 6.07) is 5.28. The molecule has 0 spiro atoms. The van der Waals surface area contributed by atoms with Gasteiger partial charge in [0.05, 0.1) is 5.02 Å². The standard InChI is InChI=1S/C11H14ClIN2O/c12-9-7-8(3-4-10(9)13)11(16)15-6-2-1-5-14/h3-4,7H,1-2,5-6,14H2,(H,15,16). The molecule has 0 aliphatic carbocycles. The molecule has 88 valence electrons. The first-order valence-electron chi connectivity index (χ1n) is 5.08. The zero-order valence-corrected chi connectivity index (χ0v) is 11.7. The molecule has 0 aliphatic heterocycles. The fourth-order valence-electron chi connectivity index (χ4n) is 1.21. The zero-order chi connectivity index (χ0) is 12.0. The Morgan fingerprint density at radius 1 is 1.44 bits per heavy atom. The Hall–Kier alpha value is -0.330. The van der Waals surface area contributed by atoms with Gasteiger partial charge in [-0.2, -0.15) is 0 Å². The van der Waals surface area contributed by atoms with E-state index in [1.807, 2.05) is 6.07 Å². The van der Waals surface area contributed by atoms with Crippen molar-refractivity contribution in [2.45, 2.75) is 12.8 Å². The van der Waals surface area contributed by atoms with Crippen molar-refractivity contribution in [1.82, 2.24) is 5.32 Å². The van der Waals surface area contributed by atoms with E-state index in [4.69, 9.17) is 17.3 Å². The van der Waals surface area contributed by atoms with Crippen LogP contribution in [0.1, 0.15) is 23.2 Å². The summed E-state index contributed by atoms with van der Waals surface area (Å²) in [6.45, 7) is 1.31. The molecule has 0 heterocycles. The average Bonchev–Trinajstić information content (AvgIpc) is 2.28. The Morgan fingerprint density at radius 3 is 2.81 bits per heavy atom. The molecule has 0 aliphatic rings. The first-order valence-corrected chi connectivity index (χ1v) is 6.54. The number of unbranched alkanes of at least 4 members (excludes halogenated alkanes) is 1. The summed E-state index contributed by atoms with van der Waals surface area (Å²) in [5, 5.41) is 3.43. The predicted molar refractivity (Wildman–Crippen MR) is 74.8 cm³/mol. The molecular weight excluding hydrogens is 338 g/mol. The third kappa shape index (κ3) is 4.27.